The molecule has 2 rings (SSSR count). The molecule has 29 heavy (non-hydrogen) atoms. The molecule has 0 bridgehead atoms. The van der Waals surface area contributed by atoms with Gasteiger partial charge >= 0.3 is 5.97 Å². The zero-order valence-electron chi connectivity index (χ0n) is 17.8. The largest absolute Gasteiger partial charge is 0.476 e. The number of hydrogen-bond acceptors (Lipinski definition) is 5. The zero-order chi connectivity index (χ0) is 21.2. The van der Waals surface area contributed by atoms with Gasteiger partial charge in [-0.15, -0.1) is 14.3 Å². The molecule has 1 aromatic heterocycles. The second-order valence-corrected chi connectivity index (χ2v) is 8.05. The first-order chi connectivity index (χ1) is 13.9. The lowest BCUT2D eigenvalue weighted by Gasteiger charge is -2.14. The van der Waals surface area contributed by atoms with Crippen LogP contribution in [-0.4, -0.2) is 28.5 Å². The van der Waals surface area contributed by atoms with Gasteiger partial charge in [-0.2, -0.15) is 0 Å². The van der Waals surface area contributed by atoms with Crippen LogP contribution in [0.5, 0.6) is 5.88 Å². The van der Waals surface area contributed by atoms with Gasteiger partial charge in [-0.1, -0.05) is 38.3 Å². The molecule has 0 aliphatic carbocycles. The van der Waals surface area contributed by atoms with Crippen LogP contribution < -0.4 is 15.6 Å². The lowest BCUT2D eigenvalue weighted by molar-refractivity contribution is -0.145. The Balaban J connectivity index is 2.07. The van der Waals surface area contributed by atoms with Crippen LogP contribution in [0.25, 0.3) is 10.8 Å². The topological polar surface area (TPSA) is 70.4 Å². The summed E-state index contributed by atoms with van der Waals surface area (Å²) in [7, 11) is 2.64. The number of aromatic nitrogens is 2. The van der Waals surface area contributed by atoms with Gasteiger partial charge in [0.15, 0.2) is 0 Å². The first-order valence-corrected chi connectivity index (χ1v) is 11.1. The number of esters is 1. The molecular weight excluding hydrogens is 387 g/mol. The molecule has 2 aromatic rings. The van der Waals surface area contributed by atoms with Gasteiger partial charge in [-0.05, 0) is 44.0 Å². The fourth-order valence-electron chi connectivity index (χ4n) is 3.32. The maximum absolute atomic E-state index is 12.9. The summed E-state index contributed by atoms with van der Waals surface area (Å²) in [5.74, 6) is 0.256. The van der Waals surface area contributed by atoms with Crippen molar-refractivity contribution < 1.29 is 14.3 Å². The van der Waals surface area contributed by atoms with Crippen molar-refractivity contribution in [3.05, 3.63) is 28.6 Å². The van der Waals surface area contributed by atoms with Crippen molar-refractivity contribution in [3.63, 3.8) is 0 Å². The van der Waals surface area contributed by atoms with Crippen LogP contribution in [0.15, 0.2) is 23.0 Å². The Bertz CT molecular complexity index is 866. The van der Waals surface area contributed by atoms with Crippen LogP contribution in [-0.2, 0) is 16.1 Å². The third-order valence-electron chi connectivity index (χ3n) is 4.82. The van der Waals surface area contributed by atoms with Gasteiger partial charge in [0.25, 0.3) is 5.56 Å². The minimum absolute atomic E-state index is 0.0651. The van der Waals surface area contributed by atoms with E-state index in [1.807, 2.05) is 25.1 Å². The first kappa shape index (κ1) is 23.3. The van der Waals surface area contributed by atoms with Crippen molar-refractivity contribution in [2.45, 2.75) is 78.4 Å². The van der Waals surface area contributed by atoms with Crippen LogP contribution in [0.4, 0.5) is 0 Å². The molecule has 0 saturated heterocycles. The van der Waals surface area contributed by atoms with Crippen molar-refractivity contribution >= 4 is 31.3 Å². The van der Waals surface area contributed by atoms with Gasteiger partial charge < -0.3 is 9.47 Å². The Hall–Kier alpha value is -1.94. The number of hydrogen-bond donors (Lipinski definition) is 0. The van der Waals surface area contributed by atoms with E-state index in [0.29, 0.717) is 24.4 Å². The Kier molecular flexibility index (Phi) is 9.59. The fraction of sp³-hybridized carbons (Fsp3) is 0.591. The van der Waals surface area contributed by atoms with Gasteiger partial charge in [0.2, 0.25) is 5.88 Å². The second-order valence-electron chi connectivity index (χ2n) is 7.43. The average molecular weight is 420 g/mol. The standard InChI is InChI=1S/C22H33N2O4P/c1-4-5-6-8-14-24-22(26)20-18(12-10-13-19(20)29)21(23-24)27-15-9-7-11-16(2)28-17(3)25/h10,12-13,16H,4-9,11,14-15,29H2,1-3H3. The normalized spacial score (nSPS) is 12.1. The Labute approximate surface area is 175 Å². The van der Waals surface area contributed by atoms with Gasteiger partial charge in [-0.25, -0.2) is 4.68 Å². The summed E-state index contributed by atoms with van der Waals surface area (Å²) in [6, 6.07) is 5.71. The predicted molar refractivity (Wildman–Crippen MR) is 120 cm³/mol. The molecule has 0 radical (unpaired) electrons. The molecule has 2 unspecified atom stereocenters. The van der Waals surface area contributed by atoms with Crippen molar-refractivity contribution in [3.8, 4) is 5.88 Å². The molecule has 160 valence electrons. The van der Waals surface area contributed by atoms with E-state index < -0.39 is 0 Å². The van der Waals surface area contributed by atoms with Crippen LogP contribution in [0.2, 0.25) is 0 Å². The number of nitrogens with zero attached hydrogens (tertiary/aromatic N) is 2. The third-order valence-corrected chi connectivity index (χ3v) is 5.30. The summed E-state index contributed by atoms with van der Waals surface area (Å²) in [5, 5.41) is 6.78. The predicted octanol–water partition coefficient (Wildman–Crippen LogP) is 3.98. The maximum Gasteiger partial charge on any atom is 0.302 e. The summed E-state index contributed by atoms with van der Waals surface area (Å²) < 4.78 is 12.7. The van der Waals surface area contributed by atoms with E-state index in [-0.39, 0.29) is 17.6 Å². The molecule has 0 N–H and O–H groups in total. The highest BCUT2D eigenvalue weighted by Crippen LogP contribution is 2.21. The number of benzene rings is 1. The van der Waals surface area contributed by atoms with Crippen LogP contribution >= 0.6 is 9.24 Å². The SMILES string of the molecule is CCCCCCn1nc(OCCCCC(C)OC(C)=O)c2cccc(P)c2c1=O. The van der Waals surface area contributed by atoms with E-state index in [2.05, 4.69) is 21.3 Å². The minimum atomic E-state index is -0.251. The van der Waals surface area contributed by atoms with Crippen molar-refractivity contribution in [2.24, 2.45) is 0 Å². The summed E-state index contributed by atoms with van der Waals surface area (Å²) in [5.41, 5.74) is -0.0651. The van der Waals surface area contributed by atoms with E-state index in [1.54, 1.807) is 4.68 Å². The van der Waals surface area contributed by atoms with E-state index in [4.69, 9.17) is 9.47 Å². The smallest absolute Gasteiger partial charge is 0.302 e. The monoisotopic (exact) mass is 420 g/mol. The van der Waals surface area contributed by atoms with Crippen molar-refractivity contribution in [2.75, 3.05) is 6.61 Å². The molecule has 2 atom stereocenters. The molecule has 6 nitrogen and oxygen atoms in total. The molecule has 0 amide bonds. The lowest BCUT2D eigenvalue weighted by atomic mass is 10.1. The third kappa shape index (κ3) is 7.11. The van der Waals surface area contributed by atoms with Gasteiger partial charge in [-0.3, -0.25) is 9.59 Å². The number of carbonyl (C=O) groups excluding carboxylic acids is 1. The summed E-state index contributed by atoms with van der Waals surface area (Å²) in [6.45, 7) is 6.59. The summed E-state index contributed by atoms with van der Waals surface area (Å²) in [6.07, 6.45) is 6.75. The van der Waals surface area contributed by atoms with Crippen molar-refractivity contribution in [1.29, 1.82) is 0 Å². The van der Waals surface area contributed by atoms with Gasteiger partial charge in [0.05, 0.1) is 23.5 Å². The Morgan fingerprint density at radius 1 is 1.21 bits per heavy atom. The first-order valence-electron chi connectivity index (χ1n) is 10.5. The molecule has 0 aliphatic rings. The lowest BCUT2D eigenvalue weighted by Crippen LogP contribution is -2.26. The molecule has 0 saturated carbocycles. The fourth-order valence-corrected chi connectivity index (χ4v) is 3.71. The zero-order valence-corrected chi connectivity index (χ0v) is 18.9. The number of rotatable bonds is 12. The highest BCUT2D eigenvalue weighted by atomic mass is 31.0. The van der Waals surface area contributed by atoms with Crippen LogP contribution in [0, 0.1) is 0 Å². The molecule has 0 aliphatic heterocycles. The Morgan fingerprint density at radius 2 is 2.00 bits per heavy atom. The quantitative estimate of drug-likeness (QED) is 0.295. The number of aryl methyl sites for hydroxylation is 1. The molecule has 1 heterocycles. The highest BCUT2D eigenvalue weighted by Gasteiger charge is 2.14. The van der Waals surface area contributed by atoms with E-state index in [0.717, 1.165) is 55.6 Å². The molecule has 0 fully saturated rings. The Morgan fingerprint density at radius 3 is 2.72 bits per heavy atom. The number of carbonyl (C=O) groups is 1. The highest BCUT2D eigenvalue weighted by molar-refractivity contribution is 7.28. The number of ether oxygens (including phenoxy) is 2. The molecule has 7 heteroatoms. The van der Waals surface area contributed by atoms with Gasteiger partial charge in [0, 0.05) is 13.5 Å². The molecule has 0 spiro atoms. The summed E-state index contributed by atoms with van der Waals surface area (Å²) in [4.78, 5) is 23.9. The van der Waals surface area contributed by atoms with Gasteiger partial charge in [0.1, 0.15) is 0 Å². The van der Waals surface area contributed by atoms with Crippen molar-refractivity contribution in [1.82, 2.24) is 9.78 Å². The summed E-state index contributed by atoms with van der Waals surface area (Å²) >= 11 is 0. The number of unbranched alkanes of at least 4 members (excludes halogenated alkanes) is 4. The second kappa shape index (κ2) is 11.9. The van der Waals surface area contributed by atoms with Crippen LogP contribution in [0.1, 0.15) is 65.7 Å². The minimum Gasteiger partial charge on any atom is -0.476 e. The molecular formula is C22H33N2O4P. The van der Waals surface area contributed by atoms with E-state index in [9.17, 15) is 9.59 Å². The molecule has 1 aromatic carbocycles. The van der Waals surface area contributed by atoms with Crippen LogP contribution in [0.3, 0.4) is 0 Å². The van der Waals surface area contributed by atoms with E-state index in [1.165, 1.54) is 6.92 Å². The maximum atomic E-state index is 12.9. The van der Waals surface area contributed by atoms with E-state index >= 15 is 0 Å². The number of fused-ring (bicyclic) bond motifs is 1. The average Bonchev–Trinajstić information content (AvgIpc) is 2.67.